The maximum atomic E-state index is 11.5. The number of nitriles is 1. The Morgan fingerprint density at radius 1 is 1.44 bits per heavy atom. The topological polar surface area (TPSA) is 62.1 Å². The third-order valence-electron chi connectivity index (χ3n) is 2.07. The van der Waals surface area contributed by atoms with Gasteiger partial charge in [-0.2, -0.15) is 5.26 Å². The number of hydrogen-bond acceptors (Lipinski definition) is 3. The second-order valence-electron chi connectivity index (χ2n) is 5.19. The molecule has 0 aliphatic carbocycles. The van der Waals surface area contributed by atoms with E-state index in [4.69, 9.17) is 10.00 Å². The van der Waals surface area contributed by atoms with Gasteiger partial charge in [0.25, 0.3) is 0 Å². The molecule has 0 aliphatic rings. The van der Waals surface area contributed by atoms with E-state index in [9.17, 15) is 4.79 Å². The van der Waals surface area contributed by atoms with E-state index in [1.54, 1.807) is 0 Å². The van der Waals surface area contributed by atoms with Crippen molar-refractivity contribution in [3.63, 3.8) is 0 Å². The fourth-order valence-corrected chi connectivity index (χ4v) is 1.25. The van der Waals surface area contributed by atoms with Crippen LogP contribution >= 0.6 is 0 Å². The first kappa shape index (κ1) is 14.8. The van der Waals surface area contributed by atoms with E-state index in [-0.39, 0.29) is 6.04 Å². The zero-order chi connectivity index (χ0) is 12.8. The van der Waals surface area contributed by atoms with Gasteiger partial charge in [-0.05, 0) is 33.1 Å². The van der Waals surface area contributed by atoms with E-state index in [0.29, 0.717) is 18.8 Å². The molecule has 0 aliphatic heterocycles. The number of rotatable bonds is 4. The molecular formula is C12H22N2O2. The Balaban J connectivity index is 4.20. The van der Waals surface area contributed by atoms with Gasteiger partial charge in [0, 0.05) is 12.5 Å². The number of amides is 1. The zero-order valence-corrected chi connectivity index (χ0v) is 10.8. The highest BCUT2D eigenvalue weighted by atomic mass is 16.6. The number of alkyl carbamates (subject to hydrolysis) is 1. The molecule has 92 valence electrons. The van der Waals surface area contributed by atoms with E-state index in [1.807, 2.05) is 34.6 Å². The molecule has 0 heterocycles. The van der Waals surface area contributed by atoms with Crippen molar-refractivity contribution in [3.05, 3.63) is 0 Å². The van der Waals surface area contributed by atoms with Crippen LogP contribution in [0.2, 0.25) is 0 Å². The summed E-state index contributed by atoms with van der Waals surface area (Å²) in [6.07, 6.45) is 0.690. The van der Waals surface area contributed by atoms with Crippen molar-refractivity contribution in [3.8, 4) is 6.07 Å². The molecular weight excluding hydrogens is 204 g/mol. The molecule has 0 aromatic carbocycles. The van der Waals surface area contributed by atoms with Crippen LogP contribution in [0.1, 0.15) is 47.5 Å². The van der Waals surface area contributed by atoms with Crippen molar-refractivity contribution >= 4 is 6.09 Å². The minimum Gasteiger partial charge on any atom is -0.444 e. The Bertz CT molecular complexity index is 261. The normalized spacial score (nSPS) is 13.1. The lowest BCUT2D eigenvalue weighted by Gasteiger charge is -2.25. The highest BCUT2D eigenvalue weighted by molar-refractivity contribution is 5.68. The summed E-state index contributed by atoms with van der Waals surface area (Å²) >= 11 is 0. The highest BCUT2D eigenvalue weighted by Crippen LogP contribution is 2.11. The minimum atomic E-state index is -0.485. The van der Waals surface area contributed by atoms with Crippen LogP contribution in [0.4, 0.5) is 4.79 Å². The van der Waals surface area contributed by atoms with Crippen LogP contribution in [0.5, 0.6) is 0 Å². The van der Waals surface area contributed by atoms with Crippen LogP contribution in [0.3, 0.4) is 0 Å². The first-order chi connectivity index (χ1) is 7.26. The van der Waals surface area contributed by atoms with Gasteiger partial charge in [0.2, 0.25) is 0 Å². The molecule has 0 aromatic rings. The van der Waals surface area contributed by atoms with E-state index in [0.717, 1.165) is 0 Å². The van der Waals surface area contributed by atoms with E-state index < -0.39 is 11.7 Å². The molecule has 0 saturated carbocycles. The summed E-state index contributed by atoms with van der Waals surface area (Å²) in [7, 11) is 0. The van der Waals surface area contributed by atoms with Crippen LogP contribution < -0.4 is 5.32 Å². The third-order valence-corrected chi connectivity index (χ3v) is 2.07. The maximum Gasteiger partial charge on any atom is 0.407 e. The molecule has 1 amide bonds. The van der Waals surface area contributed by atoms with Crippen molar-refractivity contribution in [2.75, 3.05) is 0 Å². The van der Waals surface area contributed by atoms with Crippen LogP contribution in [0.25, 0.3) is 0 Å². The van der Waals surface area contributed by atoms with E-state index >= 15 is 0 Å². The van der Waals surface area contributed by atoms with Gasteiger partial charge in [0.15, 0.2) is 0 Å². The Labute approximate surface area is 98.0 Å². The molecule has 0 bridgehead atoms. The quantitative estimate of drug-likeness (QED) is 0.801. The summed E-state index contributed by atoms with van der Waals surface area (Å²) < 4.78 is 5.17. The SMILES string of the molecule is CC(C)[C@@H](CCC#N)NC(=O)OC(C)(C)C. The number of hydrogen-bond donors (Lipinski definition) is 1. The fraction of sp³-hybridized carbons (Fsp3) is 0.833. The Hall–Kier alpha value is -1.24. The zero-order valence-electron chi connectivity index (χ0n) is 10.8. The van der Waals surface area contributed by atoms with E-state index in [2.05, 4.69) is 11.4 Å². The minimum absolute atomic E-state index is 0.00509. The lowest BCUT2D eigenvalue weighted by atomic mass is 10.00. The summed E-state index contributed by atoms with van der Waals surface area (Å²) in [5.74, 6) is 0.292. The lowest BCUT2D eigenvalue weighted by Crippen LogP contribution is -2.41. The van der Waals surface area contributed by atoms with Crippen LogP contribution in [-0.4, -0.2) is 17.7 Å². The first-order valence-corrected chi connectivity index (χ1v) is 5.62. The number of nitrogens with zero attached hydrogens (tertiary/aromatic N) is 1. The Morgan fingerprint density at radius 3 is 2.38 bits per heavy atom. The molecule has 0 fully saturated rings. The van der Waals surface area contributed by atoms with Crippen LogP contribution in [0.15, 0.2) is 0 Å². The molecule has 1 atom stereocenters. The molecule has 0 rings (SSSR count). The average Bonchev–Trinajstić information content (AvgIpc) is 2.08. The Morgan fingerprint density at radius 2 is 2.00 bits per heavy atom. The number of nitrogens with one attached hydrogen (secondary N) is 1. The molecule has 0 radical (unpaired) electrons. The standard InChI is InChI=1S/C12H22N2O2/c1-9(2)10(7-6-8-13)14-11(15)16-12(3,4)5/h9-10H,6-7H2,1-5H3,(H,14,15)/t10-/m1/s1. The van der Waals surface area contributed by atoms with Crippen molar-refractivity contribution in [1.29, 1.82) is 5.26 Å². The monoisotopic (exact) mass is 226 g/mol. The average molecular weight is 226 g/mol. The smallest absolute Gasteiger partial charge is 0.407 e. The van der Waals surface area contributed by atoms with Gasteiger partial charge in [0.05, 0.1) is 6.07 Å². The maximum absolute atomic E-state index is 11.5. The lowest BCUT2D eigenvalue weighted by molar-refractivity contribution is 0.0488. The summed E-state index contributed by atoms with van der Waals surface area (Å²) in [6, 6.07) is 2.08. The van der Waals surface area contributed by atoms with Crippen molar-refractivity contribution in [2.45, 2.75) is 59.1 Å². The second-order valence-corrected chi connectivity index (χ2v) is 5.19. The fourth-order valence-electron chi connectivity index (χ4n) is 1.25. The van der Waals surface area contributed by atoms with E-state index in [1.165, 1.54) is 0 Å². The molecule has 0 saturated heterocycles. The molecule has 0 aromatic heterocycles. The number of ether oxygens (including phenoxy) is 1. The van der Waals surface area contributed by atoms with Gasteiger partial charge in [-0.25, -0.2) is 4.79 Å². The summed E-state index contributed by atoms with van der Waals surface area (Å²) in [6.45, 7) is 9.50. The molecule has 0 spiro atoms. The molecule has 0 unspecified atom stereocenters. The van der Waals surface area contributed by atoms with Gasteiger partial charge in [-0.1, -0.05) is 13.8 Å². The van der Waals surface area contributed by atoms with Crippen molar-refractivity contribution in [1.82, 2.24) is 5.32 Å². The molecule has 4 nitrogen and oxygen atoms in total. The number of carbonyl (C=O) groups excluding carboxylic acids is 1. The third kappa shape index (κ3) is 7.10. The van der Waals surface area contributed by atoms with Gasteiger partial charge in [-0.15, -0.1) is 0 Å². The summed E-state index contributed by atoms with van der Waals surface area (Å²) in [4.78, 5) is 11.5. The van der Waals surface area contributed by atoms with Gasteiger partial charge in [0.1, 0.15) is 5.60 Å². The van der Waals surface area contributed by atoms with Gasteiger partial charge < -0.3 is 10.1 Å². The van der Waals surface area contributed by atoms with Gasteiger partial charge in [-0.3, -0.25) is 0 Å². The molecule has 1 N–H and O–H groups in total. The summed E-state index contributed by atoms with van der Waals surface area (Å²) in [5, 5.41) is 11.3. The first-order valence-electron chi connectivity index (χ1n) is 5.62. The second kappa shape index (κ2) is 6.37. The molecule has 4 heteroatoms. The highest BCUT2D eigenvalue weighted by Gasteiger charge is 2.20. The molecule has 16 heavy (non-hydrogen) atoms. The number of carbonyl (C=O) groups is 1. The van der Waals surface area contributed by atoms with Gasteiger partial charge >= 0.3 is 6.09 Å². The predicted octanol–water partition coefficient (Wildman–Crippen LogP) is 2.84. The Kier molecular flexibility index (Phi) is 5.87. The predicted molar refractivity (Wildman–Crippen MR) is 62.8 cm³/mol. The van der Waals surface area contributed by atoms with Crippen LogP contribution in [0, 0.1) is 17.2 Å². The van der Waals surface area contributed by atoms with Crippen LogP contribution in [-0.2, 0) is 4.74 Å². The summed E-state index contributed by atoms with van der Waals surface area (Å²) in [5.41, 5.74) is -0.485. The largest absolute Gasteiger partial charge is 0.444 e. The van der Waals surface area contributed by atoms with Crippen molar-refractivity contribution in [2.24, 2.45) is 5.92 Å². The van der Waals surface area contributed by atoms with Crippen molar-refractivity contribution < 1.29 is 9.53 Å².